The van der Waals surface area contributed by atoms with Gasteiger partial charge in [-0.15, -0.1) is 0 Å². The molecule has 4 amide bonds. The Morgan fingerprint density at radius 1 is 0.906 bits per heavy atom. The molecule has 0 radical (unpaired) electrons. The van der Waals surface area contributed by atoms with E-state index in [0.717, 1.165) is 31.6 Å². The summed E-state index contributed by atoms with van der Waals surface area (Å²) >= 11 is 5.94. The Morgan fingerprint density at radius 3 is 2.19 bits per heavy atom. The number of nitrogens with one attached hydrogen (secondary N) is 3. The topological polar surface area (TPSA) is 93.8 Å². The fourth-order valence-electron chi connectivity index (χ4n) is 3.52. The Hall–Kier alpha value is -3.26. The molecule has 2 aliphatic rings. The number of rotatable bonds is 6. The summed E-state index contributed by atoms with van der Waals surface area (Å²) in [4.78, 5) is 40.6. The molecule has 1 saturated carbocycles. The van der Waals surface area contributed by atoms with Gasteiger partial charge in [-0.25, -0.2) is 4.79 Å². The van der Waals surface area contributed by atoms with Crippen LogP contribution < -0.4 is 20.9 Å². The molecule has 0 spiro atoms. The smallest absolute Gasteiger partial charge is 0.319 e. The third-order valence-corrected chi connectivity index (χ3v) is 5.79. The van der Waals surface area contributed by atoms with Crippen LogP contribution in [0.5, 0.6) is 0 Å². The Labute approximate surface area is 191 Å². The maximum absolute atomic E-state index is 12.5. The number of nitrogens with zero attached hydrogens (tertiary/aromatic N) is 2. The molecule has 0 atom stereocenters. The fraction of sp³-hybridized carbons (Fsp3) is 0.348. The molecule has 2 aromatic rings. The largest absolute Gasteiger partial charge is 0.368 e. The first-order chi connectivity index (χ1) is 15.5. The maximum Gasteiger partial charge on any atom is 0.319 e. The number of piperazine rings is 1. The van der Waals surface area contributed by atoms with E-state index in [1.54, 1.807) is 29.2 Å². The van der Waals surface area contributed by atoms with Crippen molar-refractivity contribution >= 4 is 40.8 Å². The first kappa shape index (κ1) is 22.0. The maximum atomic E-state index is 12.5. The Kier molecular flexibility index (Phi) is 6.80. The van der Waals surface area contributed by atoms with Crippen molar-refractivity contribution in [1.82, 2.24) is 15.5 Å². The number of anilines is 2. The van der Waals surface area contributed by atoms with Crippen LogP contribution in [-0.2, 0) is 4.79 Å². The quantitative estimate of drug-likeness (QED) is 0.624. The van der Waals surface area contributed by atoms with Gasteiger partial charge in [-0.05, 0) is 61.4 Å². The van der Waals surface area contributed by atoms with Gasteiger partial charge in [-0.2, -0.15) is 0 Å². The van der Waals surface area contributed by atoms with Crippen molar-refractivity contribution in [2.45, 2.75) is 18.9 Å². The molecule has 1 aliphatic carbocycles. The van der Waals surface area contributed by atoms with Gasteiger partial charge in [0.15, 0.2) is 0 Å². The zero-order chi connectivity index (χ0) is 22.5. The van der Waals surface area contributed by atoms with Gasteiger partial charge in [0.05, 0.1) is 6.54 Å². The van der Waals surface area contributed by atoms with Crippen molar-refractivity contribution < 1.29 is 14.4 Å². The first-order valence-electron chi connectivity index (χ1n) is 10.7. The summed E-state index contributed by atoms with van der Waals surface area (Å²) in [6.45, 7) is 2.60. The molecule has 1 saturated heterocycles. The highest BCUT2D eigenvalue weighted by Gasteiger charge is 2.23. The number of carbonyl (C=O) groups is 3. The molecule has 2 aromatic carbocycles. The fourth-order valence-corrected chi connectivity index (χ4v) is 3.65. The molecular weight excluding hydrogens is 430 g/mol. The molecule has 0 aromatic heterocycles. The molecule has 8 nitrogen and oxygen atoms in total. The van der Waals surface area contributed by atoms with Crippen molar-refractivity contribution in [1.29, 1.82) is 0 Å². The van der Waals surface area contributed by atoms with Crippen LogP contribution in [0, 0.1) is 0 Å². The van der Waals surface area contributed by atoms with Crippen LogP contribution >= 0.6 is 11.6 Å². The van der Waals surface area contributed by atoms with Crippen LogP contribution in [0.15, 0.2) is 48.5 Å². The second-order valence-electron chi connectivity index (χ2n) is 7.98. The van der Waals surface area contributed by atoms with Crippen LogP contribution in [0.3, 0.4) is 0 Å². The van der Waals surface area contributed by atoms with E-state index in [9.17, 15) is 14.4 Å². The van der Waals surface area contributed by atoms with Crippen molar-refractivity contribution in [3.8, 4) is 0 Å². The van der Waals surface area contributed by atoms with Gasteiger partial charge in [0, 0.05) is 54.2 Å². The number of halogens is 1. The van der Waals surface area contributed by atoms with Crippen LogP contribution in [0.2, 0.25) is 5.02 Å². The van der Waals surface area contributed by atoms with E-state index in [1.165, 1.54) is 0 Å². The summed E-state index contributed by atoms with van der Waals surface area (Å²) in [7, 11) is 0. The molecular formula is C23H26ClN5O3. The van der Waals surface area contributed by atoms with Crippen LogP contribution in [0.25, 0.3) is 0 Å². The lowest BCUT2D eigenvalue weighted by Crippen LogP contribution is -2.51. The molecule has 1 aliphatic heterocycles. The average molecular weight is 456 g/mol. The third kappa shape index (κ3) is 5.91. The number of urea groups is 1. The van der Waals surface area contributed by atoms with Gasteiger partial charge in [0.1, 0.15) is 0 Å². The van der Waals surface area contributed by atoms with E-state index in [4.69, 9.17) is 11.6 Å². The van der Waals surface area contributed by atoms with Gasteiger partial charge in [0.2, 0.25) is 5.91 Å². The van der Waals surface area contributed by atoms with Crippen LogP contribution in [0.1, 0.15) is 23.2 Å². The molecule has 9 heteroatoms. The van der Waals surface area contributed by atoms with Crippen LogP contribution in [0.4, 0.5) is 16.2 Å². The third-order valence-electron chi connectivity index (χ3n) is 5.54. The standard InChI is InChI=1S/C23H26ClN5O3/c24-17-3-9-20(10-4-17)28-11-13-29(14-12-28)21(30)15-25-22(31)16-1-5-18(6-2-16)26-23(32)27-19-7-8-19/h1-6,9-10,19H,7-8,11-15H2,(H,25,31)(H2,26,27,32). The van der Waals surface area contributed by atoms with Gasteiger partial charge in [-0.1, -0.05) is 11.6 Å². The highest BCUT2D eigenvalue weighted by atomic mass is 35.5. The predicted molar refractivity (Wildman–Crippen MR) is 124 cm³/mol. The molecule has 3 N–H and O–H groups in total. The second kappa shape index (κ2) is 9.91. The molecule has 0 bridgehead atoms. The number of hydrogen-bond acceptors (Lipinski definition) is 4. The Morgan fingerprint density at radius 2 is 1.56 bits per heavy atom. The normalized spacial score (nSPS) is 15.8. The minimum absolute atomic E-state index is 0.0520. The summed E-state index contributed by atoms with van der Waals surface area (Å²) < 4.78 is 0. The van der Waals surface area contributed by atoms with E-state index in [2.05, 4.69) is 20.9 Å². The van der Waals surface area contributed by atoms with Crippen LogP contribution in [-0.4, -0.2) is 61.5 Å². The SMILES string of the molecule is O=C(Nc1ccc(C(=O)NCC(=O)N2CCN(c3ccc(Cl)cc3)CC2)cc1)NC1CC1. The second-order valence-corrected chi connectivity index (χ2v) is 8.41. The number of carbonyl (C=O) groups excluding carboxylic acids is 3. The summed E-state index contributed by atoms with van der Waals surface area (Å²) in [6, 6.07) is 14.3. The highest BCUT2D eigenvalue weighted by molar-refractivity contribution is 6.30. The summed E-state index contributed by atoms with van der Waals surface area (Å²) in [5.74, 6) is -0.434. The van der Waals surface area contributed by atoms with E-state index in [0.29, 0.717) is 29.4 Å². The minimum Gasteiger partial charge on any atom is -0.368 e. The lowest BCUT2D eigenvalue weighted by molar-refractivity contribution is -0.130. The van der Waals surface area contributed by atoms with E-state index >= 15 is 0 Å². The number of benzene rings is 2. The summed E-state index contributed by atoms with van der Waals surface area (Å²) in [5.41, 5.74) is 2.12. The molecule has 32 heavy (non-hydrogen) atoms. The zero-order valence-corrected chi connectivity index (χ0v) is 18.4. The molecule has 2 fully saturated rings. The number of amides is 4. The minimum atomic E-state index is -0.327. The van der Waals surface area contributed by atoms with Crippen molar-refractivity contribution in [3.05, 3.63) is 59.1 Å². The summed E-state index contributed by atoms with van der Waals surface area (Å²) in [6.07, 6.45) is 2.03. The van der Waals surface area contributed by atoms with Crippen molar-refractivity contribution in [2.75, 3.05) is 42.9 Å². The molecule has 1 heterocycles. The highest BCUT2D eigenvalue weighted by Crippen LogP contribution is 2.20. The number of hydrogen-bond donors (Lipinski definition) is 3. The average Bonchev–Trinajstić information content (AvgIpc) is 3.62. The van der Waals surface area contributed by atoms with E-state index in [-0.39, 0.29) is 30.4 Å². The Balaban J connectivity index is 1.20. The summed E-state index contributed by atoms with van der Waals surface area (Å²) in [5, 5.41) is 8.95. The van der Waals surface area contributed by atoms with Gasteiger partial charge < -0.3 is 25.8 Å². The van der Waals surface area contributed by atoms with Crippen molar-refractivity contribution in [2.24, 2.45) is 0 Å². The zero-order valence-electron chi connectivity index (χ0n) is 17.6. The van der Waals surface area contributed by atoms with Gasteiger partial charge in [-0.3, -0.25) is 9.59 Å². The molecule has 4 rings (SSSR count). The van der Waals surface area contributed by atoms with Gasteiger partial charge in [0.25, 0.3) is 5.91 Å². The van der Waals surface area contributed by atoms with E-state index < -0.39 is 0 Å². The molecule has 0 unspecified atom stereocenters. The lowest BCUT2D eigenvalue weighted by Gasteiger charge is -2.36. The van der Waals surface area contributed by atoms with Gasteiger partial charge >= 0.3 is 6.03 Å². The van der Waals surface area contributed by atoms with E-state index in [1.807, 2.05) is 24.3 Å². The molecule has 168 valence electrons. The Bertz CT molecular complexity index is 968. The first-order valence-corrected chi connectivity index (χ1v) is 11.1. The predicted octanol–water partition coefficient (Wildman–Crippen LogP) is 2.70. The monoisotopic (exact) mass is 455 g/mol. The van der Waals surface area contributed by atoms with Crippen molar-refractivity contribution in [3.63, 3.8) is 0 Å². The lowest BCUT2D eigenvalue weighted by atomic mass is 10.2.